The van der Waals surface area contributed by atoms with Gasteiger partial charge >= 0.3 is 6.18 Å². The van der Waals surface area contributed by atoms with E-state index in [4.69, 9.17) is 0 Å². The topological polar surface area (TPSA) is 52.7 Å². The van der Waals surface area contributed by atoms with Crippen molar-refractivity contribution in [3.8, 4) is 0 Å². The molecule has 3 rings (SSSR count). The largest absolute Gasteiger partial charge is 0.416 e. The van der Waals surface area contributed by atoms with Gasteiger partial charge in [-0.05, 0) is 55.8 Å². The predicted octanol–water partition coefficient (Wildman–Crippen LogP) is 3.94. The van der Waals surface area contributed by atoms with Crippen molar-refractivity contribution in [2.45, 2.75) is 26.1 Å². The van der Waals surface area contributed by atoms with E-state index in [-0.39, 0.29) is 17.4 Å². The van der Waals surface area contributed by atoms with Crippen LogP contribution in [0.15, 0.2) is 42.5 Å². The maximum atomic E-state index is 13.7. The molecule has 1 unspecified atom stereocenters. The lowest BCUT2D eigenvalue weighted by Crippen LogP contribution is -2.54. The minimum atomic E-state index is -4.45. The standard InChI is InChI=1S/C22H23F4N3O2/c1-14-3-8-18(13-19(14)23)27-20(30)15(2)28-9-11-29(12-10-28)21(31)16-4-6-17(7-5-16)22(24,25)26/h3-8,13,15H,9-12H2,1-2H3,(H,27,30). The molecule has 0 radical (unpaired) electrons. The molecule has 1 heterocycles. The number of nitrogens with one attached hydrogen (secondary N) is 1. The second-order valence-corrected chi connectivity index (χ2v) is 7.53. The quantitative estimate of drug-likeness (QED) is 0.738. The second kappa shape index (κ2) is 9.05. The van der Waals surface area contributed by atoms with Crippen LogP contribution in [0.2, 0.25) is 0 Å². The van der Waals surface area contributed by atoms with Crippen LogP contribution in [-0.4, -0.2) is 53.8 Å². The molecule has 5 nitrogen and oxygen atoms in total. The van der Waals surface area contributed by atoms with Crippen molar-refractivity contribution in [1.29, 1.82) is 0 Å². The lowest BCUT2D eigenvalue weighted by molar-refractivity contribution is -0.137. The fraction of sp³-hybridized carbons (Fsp3) is 0.364. The summed E-state index contributed by atoms with van der Waals surface area (Å²) in [4.78, 5) is 28.5. The molecule has 166 valence electrons. The summed E-state index contributed by atoms with van der Waals surface area (Å²) in [5, 5.41) is 2.69. The third-order valence-corrected chi connectivity index (χ3v) is 5.43. The predicted molar refractivity (Wildman–Crippen MR) is 108 cm³/mol. The molecule has 0 spiro atoms. The summed E-state index contributed by atoms with van der Waals surface area (Å²) in [5.41, 5.74) is 0.242. The van der Waals surface area contributed by atoms with Gasteiger partial charge in [-0.15, -0.1) is 0 Å². The molecular formula is C22H23F4N3O2. The van der Waals surface area contributed by atoms with Crippen LogP contribution < -0.4 is 5.32 Å². The Hall–Kier alpha value is -2.94. The van der Waals surface area contributed by atoms with E-state index < -0.39 is 23.6 Å². The smallest absolute Gasteiger partial charge is 0.336 e. The molecule has 1 atom stereocenters. The molecule has 0 bridgehead atoms. The maximum Gasteiger partial charge on any atom is 0.416 e. The molecule has 0 aromatic heterocycles. The highest BCUT2D eigenvalue weighted by atomic mass is 19.4. The third-order valence-electron chi connectivity index (χ3n) is 5.43. The van der Waals surface area contributed by atoms with E-state index in [9.17, 15) is 27.2 Å². The third kappa shape index (κ3) is 5.41. The molecule has 1 saturated heterocycles. The zero-order valence-electron chi connectivity index (χ0n) is 17.2. The molecule has 1 aliphatic heterocycles. The van der Waals surface area contributed by atoms with Crippen LogP contribution in [0, 0.1) is 12.7 Å². The van der Waals surface area contributed by atoms with E-state index in [2.05, 4.69) is 5.32 Å². The Bertz CT molecular complexity index is 952. The number of aryl methyl sites for hydroxylation is 1. The van der Waals surface area contributed by atoms with Gasteiger partial charge in [-0.2, -0.15) is 13.2 Å². The Morgan fingerprint density at radius 2 is 1.61 bits per heavy atom. The highest BCUT2D eigenvalue weighted by Crippen LogP contribution is 2.29. The van der Waals surface area contributed by atoms with Crippen molar-refractivity contribution >= 4 is 17.5 Å². The van der Waals surface area contributed by atoms with Crippen molar-refractivity contribution in [1.82, 2.24) is 9.80 Å². The SMILES string of the molecule is Cc1ccc(NC(=O)C(C)N2CCN(C(=O)c3ccc(C(F)(F)F)cc3)CC2)cc1F. The van der Waals surface area contributed by atoms with Gasteiger partial charge in [0.25, 0.3) is 5.91 Å². The zero-order valence-corrected chi connectivity index (χ0v) is 17.2. The number of rotatable bonds is 4. The van der Waals surface area contributed by atoms with E-state index in [0.717, 1.165) is 12.1 Å². The molecule has 1 aliphatic rings. The lowest BCUT2D eigenvalue weighted by atomic mass is 10.1. The number of hydrogen-bond acceptors (Lipinski definition) is 3. The number of benzene rings is 2. The summed E-state index contributed by atoms with van der Waals surface area (Å²) in [5.74, 6) is -1.03. The van der Waals surface area contributed by atoms with E-state index in [1.54, 1.807) is 30.9 Å². The lowest BCUT2D eigenvalue weighted by Gasteiger charge is -2.37. The van der Waals surface area contributed by atoms with Crippen LogP contribution in [0.5, 0.6) is 0 Å². The monoisotopic (exact) mass is 437 g/mol. The molecule has 0 aliphatic carbocycles. The number of carbonyl (C=O) groups is 2. The Morgan fingerprint density at radius 3 is 2.16 bits per heavy atom. The fourth-order valence-electron chi connectivity index (χ4n) is 3.38. The highest BCUT2D eigenvalue weighted by Gasteiger charge is 2.31. The Labute approximate surface area is 177 Å². The minimum absolute atomic E-state index is 0.189. The number of anilines is 1. The van der Waals surface area contributed by atoms with Crippen LogP contribution in [0.3, 0.4) is 0 Å². The van der Waals surface area contributed by atoms with Gasteiger partial charge in [0.05, 0.1) is 11.6 Å². The van der Waals surface area contributed by atoms with Gasteiger partial charge in [0.15, 0.2) is 0 Å². The normalized spacial score (nSPS) is 16.1. The Morgan fingerprint density at radius 1 is 1.00 bits per heavy atom. The van der Waals surface area contributed by atoms with E-state index >= 15 is 0 Å². The summed E-state index contributed by atoms with van der Waals surface area (Å²) in [6.07, 6.45) is -4.45. The average Bonchev–Trinajstić information content (AvgIpc) is 2.75. The first-order valence-electron chi connectivity index (χ1n) is 9.84. The number of hydrogen-bond donors (Lipinski definition) is 1. The van der Waals surface area contributed by atoms with Crippen LogP contribution in [0.25, 0.3) is 0 Å². The Balaban J connectivity index is 1.55. The first kappa shape index (κ1) is 22.7. The maximum absolute atomic E-state index is 13.7. The van der Waals surface area contributed by atoms with Crippen LogP contribution in [-0.2, 0) is 11.0 Å². The summed E-state index contributed by atoms with van der Waals surface area (Å²) >= 11 is 0. The van der Waals surface area contributed by atoms with Crippen molar-refractivity contribution in [3.63, 3.8) is 0 Å². The highest BCUT2D eigenvalue weighted by molar-refractivity contribution is 5.95. The number of piperazine rings is 1. The van der Waals surface area contributed by atoms with Gasteiger partial charge in [-0.3, -0.25) is 14.5 Å². The van der Waals surface area contributed by atoms with Crippen molar-refractivity contribution in [2.75, 3.05) is 31.5 Å². The van der Waals surface area contributed by atoms with Gasteiger partial charge in [-0.1, -0.05) is 6.07 Å². The molecule has 1 fully saturated rings. The van der Waals surface area contributed by atoms with Crippen molar-refractivity contribution in [2.24, 2.45) is 0 Å². The second-order valence-electron chi connectivity index (χ2n) is 7.53. The Kier molecular flexibility index (Phi) is 6.64. The first-order valence-corrected chi connectivity index (χ1v) is 9.84. The zero-order chi connectivity index (χ0) is 22.8. The molecule has 9 heteroatoms. The van der Waals surface area contributed by atoms with E-state index in [0.29, 0.717) is 37.4 Å². The van der Waals surface area contributed by atoms with Crippen LogP contribution in [0.1, 0.15) is 28.4 Å². The average molecular weight is 437 g/mol. The number of alkyl halides is 3. The van der Waals surface area contributed by atoms with Crippen LogP contribution >= 0.6 is 0 Å². The molecular weight excluding hydrogens is 414 g/mol. The molecule has 0 saturated carbocycles. The van der Waals surface area contributed by atoms with Gasteiger partial charge in [0, 0.05) is 37.4 Å². The van der Waals surface area contributed by atoms with Crippen LogP contribution in [0.4, 0.5) is 23.2 Å². The molecule has 31 heavy (non-hydrogen) atoms. The van der Waals surface area contributed by atoms with Gasteiger partial charge < -0.3 is 10.2 Å². The first-order chi connectivity index (χ1) is 14.6. The van der Waals surface area contributed by atoms with Crippen molar-refractivity contribution in [3.05, 3.63) is 65.0 Å². The van der Waals surface area contributed by atoms with Crippen molar-refractivity contribution < 1.29 is 27.2 Å². The van der Waals surface area contributed by atoms with Gasteiger partial charge in [-0.25, -0.2) is 4.39 Å². The van der Waals surface area contributed by atoms with Gasteiger partial charge in [0.2, 0.25) is 5.91 Å². The number of carbonyl (C=O) groups excluding carboxylic acids is 2. The summed E-state index contributed by atoms with van der Waals surface area (Å²) in [7, 11) is 0. The number of halogens is 4. The number of nitrogens with zero attached hydrogens (tertiary/aromatic N) is 2. The summed E-state index contributed by atoms with van der Waals surface area (Å²) < 4.78 is 51.7. The fourth-order valence-corrected chi connectivity index (χ4v) is 3.38. The van der Waals surface area contributed by atoms with E-state index in [1.807, 2.05) is 4.90 Å². The van der Waals surface area contributed by atoms with Gasteiger partial charge in [0.1, 0.15) is 5.82 Å². The molecule has 2 aromatic carbocycles. The summed E-state index contributed by atoms with van der Waals surface area (Å²) in [6.45, 7) is 4.92. The molecule has 2 aromatic rings. The molecule has 1 N–H and O–H groups in total. The van der Waals surface area contributed by atoms with E-state index in [1.165, 1.54) is 18.2 Å². The summed E-state index contributed by atoms with van der Waals surface area (Å²) in [6, 6.07) is 8.12. The minimum Gasteiger partial charge on any atom is -0.336 e. The molecule has 2 amide bonds. The number of amides is 2.